The van der Waals surface area contributed by atoms with Gasteiger partial charge < -0.3 is 10.1 Å². The normalized spacial score (nSPS) is 10.6. The zero-order valence-electron chi connectivity index (χ0n) is 12.1. The van der Waals surface area contributed by atoms with E-state index < -0.39 is 17.6 Å². The van der Waals surface area contributed by atoms with Crippen molar-refractivity contribution in [3.8, 4) is 0 Å². The molecule has 23 heavy (non-hydrogen) atoms. The van der Waals surface area contributed by atoms with E-state index in [1.807, 2.05) is 0 Å². The van der Waals surface area contributed by atoms with Gasteiger partial charge in [-0.2, -0.15) is 0 Å². The van der Waals surface area contributed by atoms with Crippen molar-refractivity contribution in [2.45, 2.75) is 0 Å². The van der Waals surface area contributed by atoms with Crippen LogP contribution in [0.1, 0.15) is 10.5 Å². The Morgan fingerprint density at radius 2 is 1.87 bits per heavy atom. The number of carbonyl (C=O) groups is 1. The van der Waals surface area contributed by atoms with Crippen LogP contribution in [-0.4, -0.2) is 18.1 Å². The molecule has 3 aromatic rings. The summed E-state index contributed by atoms with van der Waals surface area (Å²) in [6, 6.07) is 11.3. The van der Waals surface area contributed by atoms with Gasteiger partial charge in [-0.05, 0) is 42.5 Å². The van der Waals surface area contributed by atoms with Crippen LogP contribution in [0.5, 0.6) is 0 Å². The number of carbonyl (C=O) groups excluding carboxylic acids is 1. The maximum Gasteiger partial charge on any atom is 0.356 e. The third kappa shape index (κ3) is 3.11. The quantitative estimate of drug-likeness (QED) is 0.741. The van der Waals surface area contributed by atoms with Crippen molar-refractivity contribution >= 4 is 28.2 Å². The first kappa shape index (κ1) is 14.9. The van der Waals surface area contributed by atoms with Crippen LogP contribution in [0.3, 0.4) is 0 Å². The fourth-order valence-electron chi connectivity index (χ4n) is 2.23. The molecule has 1 N–H and O–H groups in total. The third-order valence-corrected chi connectivity index (χ3v) is 3.27. The van der Waals surface area contributed by atoms with Gasteiger partial charge in [-0.25, -0.2) is 18.6 Å². The highest BCUT2D eigenvalue weighted by atomic mass is 19.1. The zero-order chi connectivity index (χ0) is 16.4. The van der Waals surface area contributed by atoms with E-state index in [0.717, 1.165) is 0 Å². The molecule has 0 atom stereocenters. The number of hydrogen-bond donors (Lipinski definition) is 1. The molecule has 0 spiro atoms. The number of anilines is 2. The smallest absolute Gasteiger partial charge is 0.356 e. The molecule has 0 amide bonds. The second-order valence-corrected chi connectivity index (χ2v) is 4.84. The van der Waals surface area contributed by atoms with E-state index in [0.29, 0.717) is 22.3 Å². The molecule has 0 saturated carbocycles. The molecule has 0 aliphatic carbocycles. The van der Waals surface area contributed by atoms with E-state index in [1.54, 1.807) is 12.1 Å². The lowest BCUT2D eigenvalue weighted by atomic mass is 10.1. The van der Waals surface area contributed by atoms with Gasteiger partial charge >= 0.3 is 5.97 Å². The highest BCUT2D eigenvalue weighted by Gasteiger charge is 2.13. The number of nitrogens with zero attached hydrogens (tertiary/aromatic N) is 1. The number of esters is 1. The highest BCUT2D eigenvalue weighted by molar-refractivity contribution is 5.98. The minimum atomic E-state index is -0.612. The van der Waals surface area contributed by atoms with Crippen molar-refractivity contribution in [3.63, 3.8) is 0 Å². The van der Waals surface area contributed by atoms with Gasteiger partial charge in [0.05, 0.1) is 18.3 Å². The topological polar surface area (TPSA) is 51.2 Å². The molecule has 0 radical (unpaired) electrons. The maximum absolute atomic E-state index is 13.5. The Bertz CT molecular complexity index is 897. The Morgan fingerprint density at radius 3 is 2.61 bits per heavy atom. The van der Waals surface area contributed by atoms with E-state index in [-0.39, 0.29) is 5.69 Å². The zero-order valence-corrected chi connectivity index (χ0v) is 12.1. The van der Waals surface area contributed by atoms with Crippen molar-refractivity contribution in [1.82, 2.24) is 4.98 Å². The molecule has 3 rings (SSSR count). The van der Waals surface area contributed by atoms with Crippen molar-refractivity contribution in [3.05, 3.63) is 65.9 Å². The monoisotopic (exact) mass is 314 g/mol. The lowest BCUT2D eigenvalue weighted by Crippen LogP contribution is -2.06. The van der Waals surface area contributed by atoms with Gasteiger partial charge in [0.25, 0.3) is 0 Å². The SMILES string of the molecule is COC(=O)c1cc(Nc2cccc(F)c2)c2cc(F)ccc2n1. The van der Waals surface area contributed by atoms with Gasteiger partial charge in [-0.3, -0.25) is 0 Å². The molecule has 0 unspecified atom stereocenters. The molecule has 0 aliphatic rings. The first-order valence-electron chi connectivity index (χ1n) is 6.78. The van der Waals surface area contributed by atoms with E-state index >= 15 is 0 Å². The molecule has 0 aliphatic heterocycles. The number of fused-ring (bicyclic) bond motifs is 1. The summed E-state index contributed by atoms with van der Waals surface area (Å²) in [6.45, 7) is 0. The van der Waals surface area contributed by atoms with E-state index in [4.69, 9.17) is 0 Å². The maximum atomic E-state index is 13.5. The molecule has 2 aromatic carbocycles. The Labute approximate surface area is 130 Å². The molecule has 0 saturated heterocycles. The fraction of sp³-hybridized carbons (Fsp3) is 0.0588. The molecule has 0 bridgehead atoms. The van der Waals surface area contributed by atoms with Gasteiger partial charge in [0.1, 0.15) is 11.6 Å². The van der Waals surface area contributed by atoms with Crippen molar-refractivity contribution in [1.29, 1.82) is 0 Å². The van der Waals surface area contributed by atoms with Gasteiger partial charge in [-0.1, -0.05) is 6.07 Å². The Hall–Kier alpha value is -3.02. The number of nitrogens with one attached hydrogen (secondary N) is 1. The van der Waals surface area contributed by atoms with Gasteiger partial charge in [0, 0.05) is 11.1 Å². The number of hydrogen-bond acceptors (Lipinski definition) is 4. The Balaban J connectivity index is 2.15. The number of methoxy groups -OCH3 is 1. The molecule has 6 heteroatoms. The van der Waals surface area contributed by atoms with E-state index in [2.05, 4.69) is 15.0 Å². The largest absolute Gasteiger partial charge is 0.464 e. The first-order chi connectivity index (χ1) is 11.1. The molecule has 1 heterocycles. The summed E-state index contributed by atoms with van der Waals surface area (Å²) < 4.78 is 31.5. The standard InChI is InChI=1S/C17H12F2N2O2/c1-23-17(22)16-9-15(20-12-4-2-3-10(18)7-12)13-8-11(19)5-6-14(13)21-16/h2-9H,1H3,(H,20,21). The molecule has 116 valence electrons. The van der Waals surface area contributed by atoms with Gasteiger partial charge in [0.15, 0.2) is 5.69 Å². The summed E-state index contributed by atoms with van der Waals surface area (Å²) in [5, 5.41) is 3.45. The van der Waals surface area contributed by atoms with Crippen molar-refractivity contribution in [2.24, 2.45) is 0 Å². The van der Waals surface area contributed by atoms with Crippen LogP contribution in [-0.2, 0) is 4.74 Å². The molecular weight excluding hydrogens is 302 g/mol. The molecule has 0 fully saturated rings. The Kier molecular flexibility index (Phi) is 3.89. The second-order valence-electron chi connectivity index (χ2n) is 4.84. The molecule has 1 aromatic heterocycles. The minimum Gasteiger partial charge on any atom is -0.464 e. The predicted octanol–water partition coefficient (Wildman–Crippen LogP) is 4.04. The number of rotatable bonds is 3. The van der Waals surface area contributed by atoms with Gasteiger partial charge in [0.2, 0.25) is 0 Å². The summed E-state index contributed by atoms with van der Waals surface area (Å²) in [5.74, 6) is -1.46. The average molecular weight is 314 g/mol. The minimum absolute atomic E-state index is 0.0745. The number of benzene rings is 2. The summed E-state index contributed by atoms with van der Waals surface area (Å²) in [7, 11) is 1.25. The van der Waals surface area contributed by atoms with Crippen LogP contribution in [0, 0.1) is 11.6 Å². The number of ether oxygens (including phenoxy) is 1. The predicted molar refractivity (Wildman–Crippen MR) is 82.7 cm³/mol. The van der Waals surface area contributed by atoms with Gasteiger partial charge in [-0.15, -0.1) is 0 Å². The van der Waals surface area contributed by atoms with Crippen molar-refractivity contribution in [2.75, 3.05) is 12.4 Å². The number of pyridine rings is 1. The average Bonchev–Trinajstić information content (AvgIpc) is 2.54. The molecular formula is C17H12F2N2O2. The van der Waals surface area contributed by atoms with Crippen LogP contribution in [0.4, 0.5) is 20.2 Å². The lowest BCUT2D eigenvalue weighted by molar-refractivity contribution is 0.0594. The third-order valence-electron chi connectivity index (χ3n) is 3.27. The number of halogens is 2. The summed E-state index contributed by atoms with van der Waals surface area (Å²) in [4.78, 5) is 15.9. The van der Waals surface area contributed by atoms with Crippen LogP contribution < -0.4 is 5.32 Å². The first-order valence-corrected chi connectivity index (χ1v) is 6.78. The second kappa shape index (κ2) is 6.00. The highest BCUT2D eigenvalue weighted by Crippen LogP contribution is 2.27. The Morgan fingerprint density at radius 1 is 1.09 bits per heavy atom. The van der Waals surface area contributed by atoms with Crippen LogP contribution in [0.2, 0.25) is 0 Å². The fourth-order valence-corrected chi connectivity index (χ4v) is 2.23. The summed E-state index contributed by atoms with van der Waals surface area (Å²) in [6.07, 6.45) is 0. The lowest BCUT2D eigenvalue weighted by Gasteiger charge is -2.11. The molecule has 4 nitrogen and oxygen atoms in total. The van der Waals surface area contributed by atoms with E-state index in [1.165, 1.54) is 43.5 Å². The van der Waals surface area contributed by atoms with E-state index in [9.17, 15) is 13.6 Å². The number of aromatic nitrogens is 1. The summed E-state index contributed by atoms with van der Waals surface area (Å²) in [5.41, 5.74) is 1.40. The van der Waals surface area contributed by atoms with Crippen LogP contribution >= 0.6 is 0 Å². The van der Waals surface area contributed by atoms with Crippen LogP contribution in [0.25, 0.3) is 10.9 Å². The van der Waals surface area contributed by atoms with Crippen molar-refractivity contribution < 1.29 is 18.3 Å². The van der Waals surface area contributed by atoms with Crippen LogP contribution in [0.15, 0.2) is 48.5 Å². The summed E-state index contributed by atoms with van der Waals surface area (Å²) >= 11 is 0.